The smallest absolute Gasteiger partial charge is 0.146 e. The van der Waals surface area contributed by atoms with E-state index in [2.05, 4.69) is 37.4 Å². The molecule has 0 saturated heterocycles. The van der Waals surface area contributed by atoms with Gasteiger partial charge in [0.1, 0.15) is 17.7 Å². The van der Waals surface area contributed by atoms with Gasteiger partial charge < -0.3 is 10.1 Å². The van der Waals surface area contributed by atoms with Gasteiger partial charge in [-0.25, -0.2) is 4.39 Å². The van der Waals surface area contributed by atoms with E-state index >= 15 is 0 Å². The molecule has 0 bridgehead atoms. The number of halogens is 1. The number of anilines is 1. The minimum atomic E-state index is -0.276. The van der Waals surface area contributed by atoms with Crippen LogP contribution in [0.25, 0.3) is 0 Å². The highest BCUT2D eigenvalue weighted by Crippen LogP contribution is 2.34. The van der Waals surface area contributed by atoms with Crippen LogP contribution in [0.15, 0.2) is 36.4 Å². The van der Waals surface area contributed by atoms with Crippen LogP contribution in [0, 0.1) is 19.7 Å². The largest absolute Gasteiger partial charge is 0.482 e. The molecule has 0 aromatic heterocycles. The highest BCUT2D eigenvalue weighted by molar-refractivity contribution is 5.58. The quantitative estimate of drug-likeness (QED) is 0.834. The van der Waals surface area contributed by atoms with Crippen LogP contribution in [0.4, 0.5) is 10.1 Å². The summed E-state index contributed by atoms with van der Waals surface area (Å²) in [4.78, 5) is 0. The molecular weight excluding hydrogens is 241 g/mol. The van der Waals surface area contributed by atoms with Crippen LogP contribution in [-0.4, -0.2) is 6.54 Å². The van der Waals surface area contributed by atoms with E-state index in [1.54, 1.807) is 6.07 Å². The number of hydrogen-bond donors (Lipinski definition) is 1. The number of nitrogens with one attached hydrogen (secondary N) is 1. The number of fused-ring (bicyclic) bond motifs is 1. The van der Waals surface area contributed by atoms with Gasteiger partial charge in [0.25, 0.3) is 0 Å². The summed E-state index contributed by atoms with van der Waals surface area (Å²) in [7, 11) is 0. The number of aryl methyl sites for hydroxylation is 2. The normalized spacial score (nSPS) is 17.3. The molecule has 1 unspecified atom stereocenters. The first-order valence-electron chi connectivity index (χ1n) is 6.40. The molecule has 1 heterocycles. The maximum absolute atomic E-state index is 13.2. The average molecular weight is 257 g/mol. The fourth-order valence-electron chi connectivity index (χ4n) is 2.52. The van der Waals surface area contributed by atoms with E-state index in [1.807, 2.05) is 0 Å². The first-order valence-corrected chi connectivity index (χ1v) is 6.40. The van der Waals surface area contributed by atoms with Crippen LogP contribution in [0.2, 0.25) is 0 Å². The summed E-state index contributed by atoms with van der Waals surface area (Å²) in [5.74, 6) is 0.303. The lowest BCUT2D eigenvalue weighted by Crippen LogP contribution is -2.23. The first-order chi connectivity index (χ1) is 9.11. The summed E-state index contributed by atoms with van der Waals surface area (Å²) in [6.07, 6.45) is -0.0760. The first kappa shape index (κ1) is 12.0. The minimum Gasteiger partial charge on any atom is -0.482 e. The molecule has 1 aliphatic heterocycles. The van der Waals surface area contributed by atoms with Crippen molar-refractivity contribution in [1.29, 1.82) is 0 Å². The van der Waals surface area contributed by atoms with Gasteiger partial charge in [0.15, 0.2) is 0 Å². The second-order valence-corrected chi connectivity index (χ2v) is 5.05. The third-order valence-electron chi connectivity index (χ3n) is 3.31. The van der Waals surface area contributed by atoms with E-state index in [0.717, 1.165) is 11.3 Å². The molecule has 1 atom stereocenters. The van der Waals surface area contributed by atoms with Crippen molar-refractivity contribution in [2.75, 3.05) is 11.9 Å². The third-order valence-corrected chi connectivity index (χ3v) is 3.31. The Kier molecular flexibility index (Phi) is 2.90. The second-order valence-electron chi connectivity index (χ2n) is 5.05. The lowest BCUT2D eigenvalue weighted by Gasteiger charge is -2.28. The molecule has 0 amide bonds. The molecule has 98 valence electrons. The molecule has 3 rings (SSSR count). The Morgan fingerprint density at radius 2 is 1.84 bits per heavy atom. The molecular formula is C16H16FNO. The van der Waals surface area contributed by atoms with Crippen molar-refractivity contribution >= 4 is 5.69 Å². The lowest BCUT2D eigenvalue weighted by atomic mass is 10.0. The zero-order valence-electron chi connectivity index (χ0n) is 11.0. The van der Waals surface area contributed by atoms with E-state index in [0.29, 0.717) is 12.3 Å². The predicted molar refractivity (Wildman–Crippen MR) is 74.2 cm³/mol. The van der Waals surface area contributed by atoms with Gasteiger partial charge in [0.05, 0.1) is 12.2 Å². The van der Waals surface area contributed by atoms with E-state index in [-0.39, 0.29) is 11.9 Å². The van der Waals surface area contributed by atoms with Crippen molar-refractivity contribution in [1.82, 2.24) is 0 Å². The van der Waals surface area contributed by atoms with Gasteiger partial charge in [0, 0.05) is 6.07 Å². The summed E-state index contributed by atoms with van der Waals surface area (Å²) in [5.41, 5.74) is 4.40. The van der Waals surface area contributed by atoms with Gasteiger partial charge in [-0.1, -0.05) is 29.3 Å². The fraction of sp³-hybridized carbons (Fsp3) is 0.250. The lowest BCUT2D eigenvalue weighted by molar-refractivity contribution is 0.209. The topological polar surface area (TPSA) is 21.3 Å². The molecule has 2 aromatic rings. The van der Waals surface area contributed by atoms with Crippen LogP contribution in [0.5, 0.6) is 5.75 Å². The Balaban J connectivity index is 1.92. The Hall–Kier alpha value is -2.03. The molecule has 2 aromatic carbocycles. The molecule has 19 heavy (non-hydrogen) atoms. The molecule has 0 saturated carbocycles. The zero-order valence-corrected chi connectivity index (χ0v) is 11.0. The van der Waals surface area contributed by atoms with E-state index in [9.17, 15) is 4.39 Å². The highest BCUT2D eigenvalue weighted by atomic mass is 19.1. The molecule has 2 nitrogen and oxygen atoms in total. The van der Waals surface area contributed by atoms with Crippen molar-refractivity contribution in [2.24, 2.45) is 0 Å². The summed E-state index contributed by atoms with van der Waals surface area (Å²) in [6.45, 7) is 4.84. The van der Waals surface area contributed by atoms with Crippen molar-refractivity contribution < 1.29 is 9.13 Å². The monoisotopic (exact) mass is 257 g/mol. The van der Waals surface area contributed by atoms with Gasteiger partial charge in [-0.15, -0.1) is 0 Å². The molecule has 0 radical (unpaired) electrons. The number of rotatable bonds is 1. The molecule has 0 fully saturated rings. The number of benzene rings is 2. The molecule has 1 aliphatic rings. The number of ether oxygens (including phenoxy) is 1. The van der Waals surface area contributed by atoms with Gasteiger partial charge >= 0.3 is 0 Å². The Morgan fingerprint density at radius 3 is 2.58 bits per heavy atom. The Bertz CT molecular complexity index is 604. The standard InChI is InChI=1S/C16H16FNO/c1-10-5-11(2)7-12(6-10)16-9-18-14-4-3-13(17)8-15(14)19-16/h3-8,16,18H,9H2,1-2H3. The summed E-state index contributed by atoms with van der Waals surface area (Å²) in [5, 5.41) is 3.29. The molecule has 1 N–H and O–H groups in total. The van der Waals surface area contributed by atoms with Crippen molar-refractivity contribution in [2.45, 2.75) is 20.0 Å². The second kappa shape index (κ2) is 4.57. The summed E-state index contributed by atoms with van der Waals surface area (Å²) >= 11 is 0. The SMILES string of the molecule is Cc1cc(C)cc(C2CNc3ccc(F)cc3O2)c1. The van der Waals surface area contributed by atoms with E-state index in [4.69, 9.17) is 4.74 Å². The van der Waals surface area contributed by atoms with Gasteiger partial charge in [-0.2, -0.15) is 0 Å². The third kappa shape index (κ3) is 2.41. The van der Waals surface area contributed by atoms with Crippen LogP contribution < -0.4 is 10.1 Å². The predicted octanol–water partition coefficient (Wildman–Crippen LogP) is 3.99. The zero-order chi connectivity index (χ0) is 13.4. The summed E-state index contributed by atoms with van der Waals surface area (Å²) in [6, 6.07) is 10.9. The maximum atomic E-state index is 13.2. The van der Waals surface area contributed by atoms with Crippen molar-refractivity contribution in [3.63, 3.8) is 0 Å². The number of hydrogen-bond acceptors (Lipinski definition) is 2. The van der Waals surface area contributed by atoms with Crippen LogP contribution >= 0.6 is 0 Å². The van der Waals surface area contributed by atoms with E-state index in [1.165, 1.54) is 23.3 Å². The van der Waals surface area contributed by atoms with Crippen molar-refractivity contribution in [3.05, 3.63) is 58.9 Å². The summed E-state index contributed by atoms with van der Waals surface area (Å²) < 4.78 is 19.2. The molecule has 0 spiro atoms. The van der Waals surface area contributed by atoms with Gasteiger partial charge in [-0.3, -0.25) is 0 Å². The van der Waals surface area contributed by atoms with Gasteiger partial charge in [-0.05, 0) is 31.5 Å². The van der Waals surface area contributed by atoms with Crippen LogP contribution in [-0.2, 0) is 0 Å². The molecule has 3 heteroatoms. The highest BCUT2D eigenvalue weighted by Gasteiger charge is 2.21. The Morgan fingerprint density at radius 1 is 1.11 bits per heavy atom. The minimum absolute atomic E-state index is 0.0760. The fourth-order valence-corrected chi connectivity index (χ4v) is 2.52. The van der Waals surface area contributed by atoms with Crippen LogP contribution in [0.3, 0.4) is 0 Å². The maximum Gasteiger partial charge on any atom is 0.146 e. The van der Waals surface area contributed by atoms with E-state index < -0.39 is 0 Å². The Labute approximate surface area is 112 Å². The van der Waals surface area contributed by atoms with Crippen molar-refractivity contribution in [3.8, 4) is 5.75 Å². The average Bonchev–Trinajstić information content (AvgIpc) is 2.36. The van der Waals surface area contributed by atoms with Gasteiger partial charge in [0.2, 0.25) is 0 Å². The molecule has 0 aliphatic carbocycles. The van der Waals surface area contributed by atoms with Crippen LogP contribution in [0.1, 0.15) is 22.8 Å².